The summed E-state index contributed by atoms with van der Waals surface area (Å²) in [7, 11) is 0. The summed E-state index contributed by atoms with van der Waals surface area (Å²) in [5.41, 5.74) is 3.10. The quantitative estimate of drug-likeness (QED) is 0.586. The van der Waals surface area contributed by atoms with Gasteiger partial charge in [-0.15, -0.1) is 0 Å². The van der Waals surface area contributed by atoms with E-state index in [2.05, 4.69) is 4.98 Å². The maximum atomic E-state index is 12.7. The molecule has 0 aliphatic heterocycles. The molecule has 1 heterocycles. The first kappa shape index (κ1) is 15.2. The molecule has 0 unspecified atom stereocenters. The monoisotopic (exact) mass is 327 g/mol. The maximum Gasteiger partial charge on any atom is 0.260 e. The molecule has 4 rings (SSSR count). The van der Waals surface area contributed by atoms with Crippen LogP contribution in [0.1, 0.15) is 5.56 Å². The van der Waals surface area contributed by atoms with Crippen molar-refractivity contribution >= 4 is 10.9 Å². The van der Waals surface area contributed by atoms with Gasteiger partial charge in [-0.1, -0.05) is 72.8 Å². The predicted molar refractivity (Wildman–Crippen MR) is 101 cm³/mol. The van der Waals surface area contributed by atoms with Gasteiger partial charge in [-0.05, 0) is 23.3 Å². The second-order valence-corrected chi connectivity index (χ2v) is 5.84. The van der Waals surface area contributed by atoms with E-state index in [1.54, 1.807) is 0 Å². The van der Waals surface area contributed by atoms with Crippen LogP contribution in [0.4, 0.5) is 0 Å². The van der Waals surface area contributed by atoms with Crippen LogP contribution in [-0.4, -0.2) is 4.98 Å². The third-order valence-corrected chi connectivity index (χ3v) is 4.16. The Labute approximate surface area is 145 Å². The van der Waals surface area contributed by atoms with E-state index in [9.17, 15) is 4.79 Å². The first-order chi connectivity index (χ1) is 12.3. The predicted octanol–water partition coefficient (Wildman–Crippen LogP) is 4.77. The van der Waals surface area contributed by atoms with Gasteiger partial charge in [0.05, 0.1) is 11.1 Å². The lowest BCUT2D eigenvalue weighted by atomic mass is 10.0. The minimum absolute atomic E-state index is 0.145. The van der Waals surface area contributed by atoms with Crippen molar-refractivity contribution in [2.45, 2.75) is 6.61 Å². The summed E-state index contributed by atoms with van der Waals surface area (Å²) in [6.07, 6.45) is 0. The van der Waals surface area contributed by atoms with Crippen LogP contribution >= 0.6 is 0 Å². The number of hydrogen-bond acceptors (Lipinski definition) is 2. The number of fused-ring (bicyclic) bond motifs is 1. The first-order valence-electron chi connectivity index (χ1n) is 8.20. The summed E-state index contributed by atoms with van der Waals surface area (Å²) >= 11 is 0. The number of aromatic amines is 1. The molecular weight excluding hydrogens is 310 g/mol. The van der Waals surface area contributed by atoms with Crippen molar-refractivity contribution < 1.29 is 4.74 Å². The SMILES string of the molecule is O=c1[nH]c2ccccc2c(OCc2ccccc2)c1-c1ccccc1. The lowest BCUT2D eigenvalue weighted by Crippen LogP contribution is -2.12. The van der Waals surface area contributed by atoms with Gasteiger partial charge in [-0.2, -0.15) is 0 Å². The molecule has 0 bridgehead atoms. The lowest BCUT2D eigenvalue weighted by Gasteiger charge is -2.14. The van der Waals surface area contributed by atoms with Gasteiger partial charge in [0.15, 0.2) is 0 Å². The number of rotatable bonds is 4. The Morgan fingerprint density at radius 1 is 0.760 bits per heavy atom. The Balaban J connectivity index is 1.88. The zero-order valence-electron chi connectivity index (χ0n) is 13.6. The van der Waals surface area contributed by atoms with Crippen LogP contribution in [0.15, 0.2) is 89.7 Å². The van der Waals surface area contributed by atoms with Crippen LogP contribution in [0, 0.1) is 0 Å². The van der Waals surface area contributed by atoms with Gasteiger partial charge in [0, 0.05) is 5.39 Å². The highest BCUT2D eigenvalue weighted by molar-refractivity contribution is 5.92. The maximum absolute atomic E-state index is 12.7. The second kappa shape index (κ2) is 6.65. The summed E-state index contributed by atoms with van der Waals surface area (Å²) in [6.45, 7) is 0.411. The molecule has 0 saturated carbocycles. The fourth-order valence-corrected chi connectivity index (χ4v) is 2.96. The van der Waals surface area contributed by atoms with Gasteiger partial charge in [-0.25, -0.2) is 0 Å². The third-order valence-electron chi connectivity index (χ3n) is 4.16. The third kappa shape index (κ3) is 3.04. The topological polar surface area (TPSA) is 42.1 Å². The van der Waals surface area contributed by atoms with E-state index in [1.807, 2.05) is 84.9 Å². The number of ether oxygens (including phenoxy) is 1. The van der Waals surface area contributed by atoms with Crippen molar-refractivity contribution in [3.05, 3.63) is 101 Å². The van der Waals surface area contributed by atoms with Crippen molar-refractivity contribution in [3.63, 3.8) is 0 Å². The fourth-order valence-electron chi connectivity index (χ4n) is 2.96. The number of hydrogen-bond donors (Lipinski definition) is 1. The first-order valence-corrected chi connectivity index (χ1v) is 8.20. The van der Waals surface area contributed by atoms with E-state index < -0.39 is 0 Å². The van der Waals surface area contributed by atoms with Crippen LogP contribution in [0.5, 0.6) is 5.75 Å². The van der Waals surface area contributed by atoms with Crippen LogP contribution < -0.4 is 10.3 Å². The Kier molecular flexibility index (Phi) is 4.05. The number of nitrogens with one attached hydrogen (secondary N) is 1. The van der Waals surface area contributed by atoms with E-state index in [1.165, 1.54) is 0 Å². The van der Waals surface area contributed by atoms with Gasteiger partial charge in [0.1, 0.15) is 12.4 Å². The van der Waals surface area contributed by atoms with Crippen LogP contribution in [0.25, 0.3) is 22.0 Å². The highest BCUT2D eigenvalue weighted by Gasteiger charge is 2.15. The Morgan fingerprint density at radius 3 is 2.16 bits per heavy atom. The van der Waals surface area contributed by atoms with Crippen molar-refractivity contribution in [1.29, 1.82) is 0 Å². The molecule has 0 atom stereocenters. The molecule has 0 saturated heterocycles. The molecule has 1 N–H and O–H groups in total. The van der Waals surface area contributed by atoms with Gasteiger partial charge >= 0.3 is 0 Å². The highest BCUT2D eigenvalue weighted by atomic mass is 16.5. The number of H-pyrrole nitrogens is 1. The molecule has 3 nitrogen and oxygen atoms in total. The van der Waals surface area contributed by atoms with Crippen molar-refractivity contribution in [3.8, 4) is 16.9 Å². The van der Waals surface area contributed by atoms with Gasteiger partial charge < -0.3 is 9.72 Å². The Morgan fingerprint density at radius 2 is 1.40 bits per heavy atom. The lowest BCUT2D eigenvalue weighted by molar-refractivity contribution is 0.311. The molecule has 0 spiro atoms. The van der Waals surface area contributed by atoms with Gasteiger partial charge in [0.25, 0.3) is 5.56 Å². The summed E-state index contributed by atoms with van der Waals surface area (Å²) in [6, 6.07) is 27.3. The number of pyridine rings is 1. The molecule has 0 aliphatic rings. The normalized spacial score (nSPS) is 10.7. The highest BCUT2D eigenvalue weighted by Crippen LogP contribution is 2.33. The fraction of sp³-hybridized carbons (Fsp3) is 0.0455. The zero-order chi connectivity index (χ0) is 17.1. The molecule has 0 aliphatic carbocycles. The summed E-state index contributed by atoms with van der Waals surface area (Å²) in [5.74, 6) is 0.620. The second-order valence-electron chi connectivity index (χ2n) is 5.84. The van der Waals surface area contributed by atoms with E-state index in [-0.39, 0.29) is 5.56 Å². The van der Waals surface area contributed by atoms with Crippen molar-refractivity contribution in [2.24, 2.45) is 0 Å². The molecule has 122 valence electrons. The molecule has 3 heteroatoms. The number of benzene rings is 3. The average Bonchev–Trinajstić information content (AvgIpc) is 2.67. The summed E-state index contributed by atoms with van der Waals surface area (Å²) < 4.78 is 6.15. The molecule has 25 heavy (non-hydrogen) atoms. The van der Waals surface area contributed by atoms with E-state index in [0.717, 1.165) is 22.0 Å². The number of para-hydroxylation sites is 1. The Bertz CT molecular complexity index is 1050. The number of aromatic nitrogens is 1. The molecule has 4 aromatic rings. The summed E-state index contributed by atoms with van der Waals surface area (Å²) in [4.78, 5) is 15.7. The smallest absolute Gasteiger partial charge is 0.260 e. The molecule has 0 radical (unpaired) electrons. The molecule has 3 aromatic carbocycles. The van der Waals surface area contributed by atoms with E-state index >= 15 is 0 Å². The average molecular weight is 327 g/mol. The van der Waals surface area contributed by atoms with Crippen LogP contribution in [0.3, 0.4) is 0 Å². The summed E-state index contributed by atoms with van der Waals surface area (Å²) in [5, 5.41) is 0.900. The van der Waals surface area contributed by atoms with Gasteiger partial charge in [0.2, 0.25) is 0 Å². The minimum Gasteiger partial charge on any atom is -0.487 e. The van der Waals surface area contributed by atoms with E-state index in [0.29, 0.717) is 17.9 Å². The molecule has 0 fully saturated rings. The van der Waals surface area contributed by atoms with Gasteiger partial charge in [-0.3, -0.25) is 4.79 Å². The van der Waals surface area contributed by atoms with Crippen molar-refractivity contribution in [1.82, 2.24) is 4.98 Å². The van der Waals surface area contributed by atoms with Crippen LogP contribution in [0.2, 0.25) is 0 Å². The largest absolute Gasteiger partial charge is 0.487 e. The standard InChI is InChI=1S/C22H17NO2/c24-22-20(17-11-5-2-6-12-17)21(18-13-7-8-14-19(18)23-22)25-15-16-9-3-1-4-10-16/h1-14H,15H2,(H,23,24). The van der Waals surface area contributed by atoms with Crippen molar-refractivity contribution in [2.75, 3.05) is 0 Å². The molecule has 0 amide bonds. The molecular formula is C22H17NO2. The van der Waals surface area contributed by atoms with E-state index in [4.69, 9.17) is 4.74 Å². The zero-order valence-corrected chi connectivity index (χ0v) is 13.6. The minimum atomic E-state index is -0.145. The Hall–Kier alpha value is -3.33. The van der Waals surface area contributed by atoms with Crippen LogP contribution in [-0.2, 0) is 6.61 Å². The molecule has 1 aromatic heterocycles.